The number of aromatic nitrogens is 3. The van der Waals surface area contributed by atoms with Crippen LogP contribution in [0.4, 0.5) is 8.78 Å². The Bertz CT molecular complexity index is 1050. The topological polar surface area (TPSA) is 76.4 Å². The van der Waals surface area contributed by atoms with E-state index in [9.17, 15) is 8.78 Å². The van der Waals surface area contributed by atoms with Gasteiger partial charge < -0.3 is 15.4 Å². The minimum atomic E-state index is -2.87. The van der Waals surface area contributed by atoms with Crippen LogP contribution in [0.1, 0.15) is 28.1 Å². The molecule has 2 N–H and O–H groups in total. The van der Waals surface area contributed by atoms with Crippen LogP contribution in [0.3, 0.4) is 0 Å². The van der Waals surface area contributed by atoms with E-state index in [-0.39, 0.29) is 29.7 Å². The van der Waals surface area contributed by atoms with E-state index in [1.165, 1.54) is 0 Å². The third kappa shape index (κ3) is 6.87. The number of halogens is 3. The van der Waals surface area contributed by atoms with E-state index < -0.39 is 6.61 Å². The van der Waals surface area contributed by atoms with Gasteiger partial charge in [0.15, 0.2) is 11.8 Å². The molecular weight excluding hydrogens is 529 g/mol. The van der Waals surface area contributed by atoms with Crippen molar-refractivity contribution in [3.05, 3.63) is 70.7 Å². The Balaban J connectivity index is 0.00000363. The van der Waals surface area contributed by atoms with E-state index in [2.05, 4.69) is 30.4 Å². The highest BCUT2D eigenvalue weighted by molar-refractivity contribution is 14.0. The van der Waals surface area contributed by atoms with Gasteiger partial charge in [0.1, 0.15) is 5.75 Å². The normalized spacial score (nSPS) is 11.3. The molecule has 2 aromatic heterocycles. The number of guanidine groups is 1. The summed E-state index contributed by atoms with van der Waals surface area (Å²) in [6, 6.07) is 11.0. The number of hydrogen-bond donors (Lipinski definition) is 2. The Morgan fingerprint density at radius 2 is 1.84 bits per heavy atom. The molecule has 7 nitrogen and oxygen atoms in total. The summed E-state index contributed by atoms with van der Waals surface area (Å²) < 4.78 is 31.7. The highest BCUT2D eigenvalue weighted by Crippen LogP contribution is 2.22. The number of nitrogens with zero attached hydrogens (tertiary/aromatic N) is 4. The molecule has 3 rings (SSSR count). The molecule has 32 heavy (non-hydrogen) atoms. The van der Waals surface area contributed by atoms with Gasteiger partial charge in [0, 0.05) is 37.6 Å². The first-order chi connectivity index (χ1) is 14.9. The summed E-state index contributed by atoms with van der Waals surface area (Å²) >= 11 is 0. The molecule has 0 saturated carbocycles. The van der Waals surface area contributed by atoms with Crippen molar-refractivity contribution >= 4 is 29.9 Å². The van der Waals surface area contributed by atoms with Crippen LogP contribution in [-0.4, -0.2) is 34.4 Å². The Morgan fingerprint density at radius 3 is 2.44 bits per heavy atom. The van der Waals surface area contributed by atoms with Gasteiger partial charge in [-0.3, -0.25) is 4.99 Å². The maximum absolute atomic E-state index is 12.6. The van der Waals surface area contributed by atoms with Gasteiger partial charge in [-0.05, 0) is 44.5 Å². The third-order valence-corrected chi connectivity index (χ3v) is 4.60. The molecule has 172 valence electrons. The van der Waals surface area contributed by atoms with Crippen LogP contribution >= 0.6 is 24.0 Å². The van der Waals surface area contributed by atoms with Crippen LogP contribution in [0.2, 0.25) is 0 Å². The molecule has 0 bridgehead atoms. The average molecular weight is 556 g/mol. The quantitative estimate of drug-likeness (QED) is 0.258. The van der Waals surface area contributed by atoms with Gasteiger partial charge in [-0.1, -0.05) is 23.8 Å². The third-order valence-electron chi connectivity index (χ3n) is 4.60. The van der Waals surface area contributed by atoms with Crippen LogP contribution in [0.15, 0.2) is 47.6 Å². The number of aliphatic imine (C=N–C) groups is 1. The molecule has 3 aromatic rings. The summed E-state index contributed by atoms with van der Waals surface area (Å²) in [5, 5.41) is 10.8. The molecule has 0 spiro atoms. The monoisotopic (exact) mass is 556 g/mol. The summed E-state index contributed by atoms with van der Waals surface area (Å²) in [6.45, 7) is 3.74. The Kier molecular flexibility index (Phi) is 9.36. The lowest BCUT2D eigenvalue weighted by molar-refractivity contribution is -0.0504. The van der Waals surface area contributed by atoms with Gasteiger partial charge in [-0.2, -0.15) is 13.9 Å². The number of pyridine rings is 1. The fourth-order valence-electron chi connectivity index (χ4n) is 3.15. The average Bonchev–Trinajstić information content (AvgIpc) is 3.08. The molecule has 0 unspecified atom stereocenters. The maximum Gasteiger partial charge on any atom is 0.387 e. The number of alkyl halides is 2. The van der Waals surface area contributed by atoms with Gasteiger partial charge in [-0.25, -0.2) is 9.67 Å². The van der Waals surface area contributed by atoms with Gasteiger partial charge in [0.25, 0.3) is 0 Å². The zero-order chi connectivity index (χ0) is 22.4. The fraction of sp³-hybridized carbons (Fsp3) is 0.318. The lowest BCUT2D eigenvalue weighted by atomic mass is 10.1. The molecule has 0 atom stereocenters. The van der Waals surface area contributed by atoms with Crippen molar-refractivity contribution in [1.82, 2.24) is 25.4 Å². The Labute approximate surface area is 203 Å². The highest BCUT2D eigenvalue weighted by Gasteiger charge is 2.11. The molecule has 10 heteroatoms. The SMILES string of the molecule is CN=C(NCc1ccc(-n2nc(C)cc2C)nc1)NCc1cc(C)ccc1OC(F)F.I. The van der Waals surface area contributed by atoms with Crippen molar-refractivity contribution in [2.24, 2.45) is 4.99 Å². The molecule has 0 aliphatic rings. The number of aryl methyl sites for hydroxylation is 3. The highest BCUT2D eigenvalue weighted by atomic mass is 127. The van der Waals surface area contributed by atoms with E-state index >= 15 is 0 Å². The predicted octanol–water partition coefficient (Wildman–Crippen LogP) is 4.28. The zero-order valence-electron chi connectivity index (χ0n) is 18.4. The molecular formula is C22H27F2IN6O. The molecule has 0 fully saturated rings. The fourth-order valence-corrected chi connectivity index (χ4v) is 3.15. The minimum absolute atomic E-state index is 0. The molecule has 0 amide bonds. The number of benzene rings is 1. The first-order valence-electron chi connectivity index (χ1n) is 9.83. The van der Waals surface area contributed by atoms with Crippen LogP contribution in [-0.2, 0) is 13.1 Å². The molecule has 0 saturated heterocycles. The Morgan fingerprint density at radius 1 is 1.09 bits per heavy atom. The summed E-state index contributed by atoms with van der Waals surface area (Å²) in [6.07, 6.45) is 1.78. The summed E-state index contributed by atoms with van der Waals surface area (Å²) in [5.74, 6) is 1.43. The van der Waals surface area contributed by atoms with Crippen molar-refractivity contribution in [3.63, 3.8) is 0 Å². The number of ether oxygens (including phenoxy) is 1. The zero-order valence-corrected chi connectivity index (χ0v) is 20.7. The van der Waals surface area contributed by atoms with Crippen LogP contribution in [0, 0.1) is 20.8 Å². The van der Waals surface area contributed by atoms with Crippen LogP contribution in [0.5, 0.6) is 5.75 Å². The second kappa shape index (κ2) is 11.7. The van der Waals surface area contributed by atoms with E-state index in [0.29, 0.717) is 24.6 Å². The van der Waals surface area contributed by atoms with E-state index in [1.807, 2.05) is 39.0 Å². The summed E-state index contributed by atoms with van der Waals surface area (Å²) in [7, 11) is 1.65. The molecule has 0 radical (unpaired) electrons. The van der Waals surface area contributed by atoms with Gasteiger partial charge >= 0.3 is 6.61 Å². The molecule has 1 aromatic carbocycles. The first-order valence-corrected chi connectivity index (χ1v) is 9.83. The summed E-state index contributed by atoms with van der Waals surface area (Å²) in [5.41, 5.74) is 4.50. The van der Waals surface area contributed by atoms with Crippen LogP contribution < -0.4 is 15.4 Å². The Hall–Kier alpha value is -2.76. The van der Waals surface area contributed by atoms with Crippen molar-refractivity contribution < 1.29 is 13.5 Å². The van der Waals surface area contributed by atoms with Crippen molar-refractivity contribution in [2.45, 2.75) is 40.5 Å². The second-order valence-electron chi connectivity index (χ2n) is 7.13. The molecule has 0 aliphatic carbocycles. The molecule has 0 aliphatic heterocycles. The summed E-state index contributed by atoms with van der Waals surface area (Å²) in [4.78, 5) is 8.66. The van der Waals surface area contributed by atoms with Gasteiger partial charge in [0.05, 0.1) is 5.69 Å². The molecule has 2 heterocycles. The lowest BCUT2D eigenvalue weighted by Gasteiger charge is -2.15. The lowest BCUT2D eigenvalue weighted by Crippen LogP contribution is -2.36. The van der Waals surface area contributed by atoms with E-state index in [0.717, 1.165) is 28.3 Å². The number of rotatable bonds is 7. The van der Waals surface area contributed by atoms with E-state index in [4.69, 9.17) is 0 Å². The standard InChI is InChI=1S/C22H26F2N6O.HI/c1-14-5-7-19(31-21(23)24)18(9-14)13-28-22(25-4)27-12-17-6-8-20(26-11-17)30-16(3)10-15(2)29-30;/h5-11,21H,12-13H2,1-4H3,(H2,25,27,28);1H. The first kappa shape index (κ1) is 25.5. The number of hydrogen-bond acceptors (Lipinski definition) is 4. The van der Waals surface area contributed by atoms with E-state index in [1.54, 1.807) is 36.1 Å². The number of nitrogens with one attached hydrogen (secondary N) is 2. The van der Waals surface area contributed by atoms with Crippen LogP contribution in [0.25, 0.3) is 5.82 Å². The smallest absolute Gasteiger partial charge is 0.387 e. The minimum Gasteiger partial charge on any atom is -0.434 e. The van der Waals surface area contributed by atoms with Gasteiger partial charge in [-0.15, -0.1) is 24.0 Å². The maximum atomic E-state index is 12.6. The van der Waals surface area contributed by atoms with Crippen molar-refractivity contribution in [1.29, 1.82) is 0 Å². The van der Waals surface area contributed by atoms with Gasteiger partial charge in [0.2, 0.25) is 0 Å². The van der Waals surface area contributed by atoms with Crippen molar-refractivity contribution in [2.75, 3.05) is 7.05 Å². The second-order valence-corrected chi connectivity index (χ2v) is 7.13. The van der Waals surface area contributed by atoms with Crippen molar-refractivity contribution in [3.8, 4) is 11.6 Å². The largest absolute Gasteiger partial charge is 0.434 e. The predicted molar refractivity (Wildman–Crippen MR) is 131 cm³/mol.